The Morgan fingerprint density at radius 1 is 1.17 bits per heavy atom. The molecule has 3 aromatic rings. The quantitative estimate of drug-likeness (QED) is 0.801. The van der Waals surface area contributed by atoms with Crippen molar-refractivity contribution in [3.63, 3.8) is 0 Å². The molecule has 0 atom stereocenters. The van der Waals surface area contributed by atoms with Crippen LogP contribution >= 0.6 is 11.6 Å². The third-order valence-electron chi connectivity index (χ3n) is 3.93. The van der Waals surface area contributed by atoms with Crippen LogP contribution in [0, 0.1) is 6.92 Å². The van der Waals surface area contributed by atoms with E-state index in [1.54, 1.807) is 22.9 Å². The second kappa shape index (κ2) is 5.35. The lowest BCUT2D eigenvalue weighted by Gasteiger charge is -2.06. The van der Waals surface area contributed by atoms with Crippen LogP contribution < -0.4 is 5.56 Å². The van der Waals surface area contributed by atoms with E-state index in [0.717, 1.165) is 30.0 Å². The summed E-state index contributed by atoms with van der Waals surface area (Å²) < 4.78 is 1.73. The molecule has 0 spiro atoms. The lowest BCUT2D eigenvalue weighted by molar-refractivity contribution is 0.838. The standard InChI is InChI=1S/C17H15ClN4O/c1-10-2-9-14(17(23)19-10)16-20-15(11-3-4-11)21-22(16)13-7-5-12(18)6-8-13/h2,5-9,11H,3-4H2,1H3,(H,19,23). The molecule has 1 aromatic carbocycles. The van der Waals surface area contributed by atoms with Gasteiger partial charge < -0.3 is 4.98 Å². The van der Waals surface area contributed by atoms with Crippen molar-refractivity contribution in [2.24, 2.45) is 0 Å². The maximum Gasteiger partial charge on any atom is 0.259 e. The largest absolute Gasteiger partial charge is 0.326 e. The summed E-state index contributed by atoms with van der Waals surface area (Å²) in [6.45, 7) is 1.85. The predicted molar refractivity (Wildman–Crippen MR) is 89.1 cm³/mol. The fourth-order valence-corrected chi connectivity index (χ4v) is 2.65. The number of aryl methyl sites for hydroxylation is 1. The molecule has 116 valence electrons. The fraction of sp³-hybridized carbons (Fsp3) is 0.235. The number of aromatic nitrogens is 4. The fourth-order valence-electron chi connectivity index (χ4n) is 2.53. The molecule has 0 unspecified atom stereocenters. The van der Waals surface area contributed by atoms with Crippen LogP contribution in [0.4, 0.5) is 0 Å². The first-order chi connectivity index (χ1) is 11.1. The highest BCUT2D eigenvalue weighted by Gasteiger charge is 2.30. The maximum atomic E-state index is 12.3. The highest BCUT2D eigenvalue weighted by molar-refractivity contribution is 6.30. The summed E-state index contributed by atoms with van der Waals surface area (Å²) in [5.41, 5.74) is 2.02. The summed E-state index contributed by atoms with van der Waals surface area (Å²) in [4.78, 5) is 19.8. The van der Waals surface area contributed by atoms with Crippen LogP contribution in [0.15, 0.2) is 41.2 Å². The molecule has 5 nitrogen and oxygen atoms in total. The van der Waals surface area contributed by atoms with Crippen molar-refractivity contribution < 1.29 is 0 Å². The minimum Gasteiger partial charge on any atom is -0.326 e. The van der Waals surface area contributed by atoms with Gasteiger partial charge in [-0.2, -0.15) is 5.10 Å². The third-order valence-corrected chi connectivity index (χ3v) is 4.19. The lowest BCUT2D eigenvalue weighted by Crippen LogP contribution is -2.12. The van der Waals surface area contributed by atoms with Gasteiger partial charge in [-0.05, 0) is 56.2 Å². The number of pyridine rings is 1. The van der Waals surface area contributed by atoms with Crippen LogP contribution in [-0.4, -0.2) is 19.7 Å². The first kappa shape index (κ1) is 14.2. The van der Waals surface area contributed by atoms with Crippen LogP contribution in [0.25, 0.3) is 17.1 Å². The molecule has 2 heterocycles. The normalized spacial score (nSPS) is 14.2. The van der Waals surface area contributed by atoms with E-state index in [2.05, 4.69) is 15.1 Å². The van der Waals surface area contributed by atoms with Gasteiger partial charge in [0.05, 0.1) is 11.3 Å². The summed E-state index contributed by atoms with van der Waals surface area (Å²) in [6, 6.07) is 11.0. The molecule has 1 aliphatic carbocycles. The second-order valence-corrected chi connectivity index (χ2v) is 6.28. The average Bonchev–Trinajstić information content (AvgIpc) is 3.28. The van der Waals surface area contributed by atoms with Crippen molar-refractivity contribution >= 4 is 11.6 Å². The Bertz CT molecular complexity index is 923. The molecule has 0 aliphatic heterocycles. The summed E-state index contributed by atoms with van der Waals surface area (Å²) in [7, 11) is 0. The van der Waals surface area contributed by atoms with E-state index in [4.69, 9.17) is 11.6 Å². The number of hydrogen-bond acceptors (Lipinski definition) is 3. The number of aromatic amines is 1. The molecule has 23 heavy (non-hydrogen) atoms. The van der Waals surface area contributed by atoms with Crippen molar-refractivity contribution in [1.29, 1.82) is 0 Å². The van der Waals surface area contributed by atoms with Gasteiger partial charge in [0.1, 0.15) is 0 Å². The van der Waals surface area contributed by atoms with Gasteiger partial charge in [-0.25, -0.2) is 9.67 Å². The smallest absolute Gasteiger partial charge is 0.259 e. The van der Waals surface area contributed by atoms with Gasteiger partial charge in [0.15, 0.2) is 11.6 Å². The Labute approximate surface area is 138 Å². The van der Waals surface area contributed by atoms with Gasteiger partial charge >= 0.3 is 0 Å². The van der Waals surface area contributed by atoms with E-state index >= 15 is 0 Å². The number of hydrogen-bond donors (Lipinski definition) is 1. The molecule has 6 heteroatoms. The zero-order valence-electron chi connectivity index (χ0n) is 12.6. The molecule has 0 radical (unpaired) electrons. The van der Waals surface area contributed by atoms with Gasteiger partial charge in [0, 0.05) is 16.6 Å². The van der Waals surface area contributed by atoms with Gasteiger partial charge in [-0.1, -0.05) is 11.6 Å². The average molecular weight is 327 g/mol. The van der Waals surface area contributed by atoms with Crippen molar-refractivity contribution in [2.75, 3.05) is 0 Å². The number of H-pyrrole nitrogens is 1. The Balaban J connectivity index is 1.90. The monoisotopic (exact) mass is 326 g/mol. The number of benzene rings is 1. The van der Waals surface area contributed by atoms with E-state index in [-0.39, 0.29) is 5.56 Å². The van der Waals surface area contributed by atoms with E-state index in [1.165, 1.54) is 0 Å². The molecular formula is C17H15ClN4O. The number of nitrogens with one attached hydrogen (secondary N) is 1. The molecule has 1 aliphatic rings. The molecule has 0 saturated heterocycles. The van der Waals surface area contributed by atoms with Crippen molar-refractivity contribution in [1.82, 2.24) is 19.7 Å². The van der Waals surface area contributed by atoms with E-state index in [9.17, 15) is 4.79 Å². The van der Waals surface area contributed by atoms with Crippen LogP contribution in [0.3, 0.4) is 0 Å². The Kier molecular flexibility index (Phi) is 3.31. The van der Waals surface area contributed by atoms with Crippen LogP contribution in [-0.2, 0) is 0 Å². The van der Waals surface area contributed by atoms with Gasteiger partial charge in [0.2, 0.25) is 0 Å². The molecule has 1 fully saturated rings. The maximum absolute atomic E-state index is 12.3. The van der Waals surface area contributed by atoms with Crippen LogP contribution in [0.1, 0.15) is 30.3 Å². The SMILES string of the molecule is Cc1ccc(-c2nc(C3CC3)nn2-c2ccc(Cl)cc2)c(=O)[nH]1. The second-order valence-electron chi connectivity index (χ2n) is 5.84. The van der Waals surface area contributed by atoms with E-state index in [0.29, 0.717) is 22.3 Å². The Hall–Kier alpha value is -2.40. The summed E-state index contributed by atoms with van der Waals surface area (Å²) in [5.74, 6) is 1.78. The molecule has 4 rings (SSSR count). The molecule has 0 amide bonds. The first-order valence-corrected chi connectivity index (χ1v) is 7.93. The lowest BCUT2D eigenvalue weighted by atomic mass is 10.2. The molecule has 2 aromatic heterocycles. The minimum absolute atomic E-state index is 0.157. The Morgan fingerprint density at radius 2 is 1.91 bits per heavy atom. The zero-order valence-corrected chi connectivity index (χ0v) is 13.3. The summed E-state index contributed by atoms with van der Waals surface area (Å²) in [6.07, 6.45) is 2.21. The van der Waals surface area contributed by atoms with Crippen molar-refractivity contribution in [2.45, 2.75) is 25.7 Å². The van der Waals surface area contributed by atoms with Gasteiger partial charge in [-0.15, -0.1) is 0 Å². The molecular weight excluding hydrogens is 312 g/mol. The van der Waals surface area contributed by atoms with Crippen LogP contribution in [0.5, 0.6) is 0 Å². The summed E-state index contributed by atoms with van der Waals surface area (Å²) in [5, 5.41) is 5.28. The van der Waals surface area contributed by atoms with E-state index < -0.39 is 0 Å². The highest BCUT2D eigenvalue weighted by Crippen LogP contribution is 2.39. The topological polar surface area (TPSA) is 63.6 Å². The van der Waals surface area contributed by atoms with Gasteiger partial charge in [0.25, 0.3) is 5.56 Å². The Morgan fingerprint density at radius 3 is 2.57 bits per heavy atom. The third kappa shape index (κ3) is 2.68. The predicted octanol–water partition coefficient (Wildman–Crippen LogP) is 3.46. The highest BCUT2D eigenvalue weighted by atomic mass is 35.5. The molecule has 0 bridgehead atoms. The zero-order chi connectivity index (χ0) is 16.0. The van der Waals surface area contributed by atoms with Gasteiger partial charge in [-0.3, -0.25) is 4.79 Å². The summed E-state index contributed by atoms with van der Waals surface area (Å²) >= 11 is 5.96. The first-order valence-electron chi connectivity index (χ1n) is 7.55. The number of halogens is 1. The van der Waals surface area contributed by atoms with Crippen LogP contribution in [0.2, 0.25) is 5.02 Å². The van der Waals surface area contributed by atoms with Crippen molar-refractivity contribution in [3.05, 3.63) is 63.3 Å². The van der Waals surface area contributed by atoms with E-state index in [1.807, 2.05) is 25.1 Å². The molecule has 1 saturated carbocycles. The number of rotatable bonds is 3. The van der Waals surface area contributed by atoms with Crippen molar-refractivity contribution in [3.8, 4) is 17.1 Å². The number of nitrogens with zero attached hydrogens (tertiary/aromatic N) is 3. The molecule has 1 N–H and O–H groups in total. The minimum atomic E-state index is -0.157.